The van der Waals surface area contributed by atoms with Gasteiger partial charge < -0.3 is 15.1 Å². The average Bonchev–Trinajstić information content (AvgIpc) is 3.37. The summed E-state index contributed by atoms with van der Waals surface area (Å²) < 4.78 is 5.38. The van der Waals surface area contributed by atoms with Crippen LogP contribution in [0.3, 0.4) is 0 Å². The molecule has 2 N–H and O–H groups in total. The fourth-order valence-corrected chi connectivity index (χ4v) is 4.80. The number of aryl methyl sites for hydroxylation is 2. The highest BCUT2D eigenvalue weighted by Crippen LogP contribution is 2.39. The number of amides is 2. The lowest BCUT2D eigenvalue weighted by molar-refractivity contribution is -0.122. The molecule has 1 aromatic rings. The second kappa shape index (κ2) is 7.06. The minimum atomic E-state index is -0.252. The van der Waals surface area contributed by atoms with E-state index in [-0.39, 0.29) is 24.4 Å². The number of rotatable bonds is 5. The van der Waals surface area contributed by atoms with Crippen LogP contribution in [0.1, 0.15) is 54.0 Å². The Bertz CT molecular complexity index is 680. The molecule has 2 saturated carbocycles. The first-order valence-corrected chi connectivity index (χ1v) is 9.90. The molecule has 142 valence electrons. The number of furan rings is 1. The highest BCUT2D eigenvalue weighted by molar-refractivity contribution is 5.97. The largest absolute Gasteiger partial charge is 0.466 e. The van der Waals surface area contributed by atoms with Crippen molar-refractivity contribution in [1.82, 2.24) is 15.5 Å². The van der Waals surface area contributed by atoms with Gasteiger partial charge in [0.25, 0.3) is 5.91 Å². The zero-order chi connectivity index (χ0) is 18.3. The Hall–Kier alpha value is -1.82. The molecule has 2 unspecified atom stereocenters. The van der Waals surface area contributed by atoms with Gasteiger partial charge in [0, 0.05) is 25.2 Å². The van der Waals surface area contributed by atoms with Gasteiger partial charge in [-0.15, -0.1) is 0 Å². The second-order valence-electron chi connectivity index (χ2n) is 8.24. The normalized spacial score (nSPS) is 28.6. The van der Waals surface area contributed by atoms with Gasteiger partial charge in [-0.25, -0.2) is 0 Å². The number of nitrogens with zero attached hydrogens (tertiary/aromatic N) is 1. The van der Waals surface area contributed by atoms with Crippen LogP contribution in [0, 0.1) is 25.7 Å². The van der Waals surface area contributed by atoms with Gasteiger partial charge in [0.1, 0.15) is 11.5 Å². The topological polar surface area (TPSA) is 74.6 Å². The van der Waals surface area contributed by atoms with Crippen molar-refractivity contribution >= 4 is 11.8 Å². The number of nitrogens with one attached hydrogen (secondary N) is 2. The average molecular weight is 359 g/mol. The first kappa shape index (κ1) is 17.6. The number of fused-ring (bicyclic) bond motifs is 2. The van der Waals surface area contributed by atoms with E-state index in [0.717, 1.165) is 19.1 Å². The summed E-state index contributed by atoms with van der Waals surface area (Å²) in [5.41, 5.74) is 0.505. The number of hydrogen-bond donors (Lipinski definition) is 2. The zero-order valence-corrected chi connectivity index (χ0v) is 15.7. The van der Waals surface area contributed by atoms with Crippen molar-refractivity contribution in [1.29, 1.82) is 0 Å². The van der Waals surface area contributed by atoms with E-state index < -0.39 is 0 Å². The van der Waals surface area contributed by atoms with Crippen molar-refractivity contribution < 1.29 is 14.0 Å². The van der Waals surface area contributed by atoms with Crippen LogP contribution in [0.4, 0.5) is 0 Å². The molecule has 2 bridgehead atoms. The van der Waals surface area contributed by atoms with Crippen LogP contribution in [0.2, 0.25) is 0 Å². The molecule has 3 aliphatic rings. The van der Waals surface area contributed by atoms with Gasteiger partial charge in [-0.2, -0.15) is 0 Å². The standard InChI is InChI=1S/C20H29N3O3/c1-12-8-17(13(2)26-12)20(25)21-9-18(24)22-19-14-4-3-5-15(19)11-23(10-14)16-6-7-16/h8,14-16,19H,3-7,9-11H2,1-2H3,(H,21,25)(H,22,24). The van der Waals surface area contributed by atoms with Crippen molar-refractivity contribution in [2.45, 2.75) is 58.0 Å². The summed E-state index contributed by atoms with van der Waals surface area (Å²) in [5.74, 6) is 2.06. The third kappa shape index (κ3) is 3.65. The van der Waals surface area contributed by atoms with E-state index in [1.54, 1.807) is 13.0 Å². The predicted octanol–water partition coefficient (Wildman–Crippen LogP) is 2.01. The number of likely N-dealkylation sites (tertiary alicyclic amines) is 1. The molecule has 1 saturated heterocycles. The summed E-state index contributed by atoms with van der Waals surface area (Å²) in [6, 6.07) is 2.78. The van der Waals surface area contributed by atoms with E-state index in [9.17, 15) is 9.59 Å². The lowest BCUT2D eigenvalue weighted by Crippen LogP contribution is -2.59. The van der Waals surface area contributed by atoms with E-state index in [0.29, 0.717) is 28.9 Å². The Balaban J connectivity index is 1.30. The smallest absolute Gasteiger partial charge is 0.255 e. The third-order valence-corrected chi connectivity index (χ3v) is 6.19. The van der Waals surface area contributed by atoms with Gasteiger partial charge in [0.15, 0.2) is 0 Å². The molecule has 2 aliphatic carbocycles. The zero-order valence-electron chi connectivity index (χ0n) is 15.7. The maximum atomic E-state index is 12.4. The molecule has 4 rings (SSSR count). The van der Waals surface area contributed by atoms with Crippen LogP contribution >= 0.6 is 0 Å². The Morgan fingerprint density at radius 1 is 1.15 bits per heavy atom. The molecule has 6 nitrogen and oxygen atoms in total. The lowest BCUT2D eigenvalue weighted by atomic mass is 9.73. The first-order valence-electron chi connectivity index (χ1n) is 9.90. The number of hydrogen-bond acceptors (Lipinski definition) is 4. The molecule has 2 atom stereocenters. The molecule has 2 heterocycles. The van der Waals surface area contributed by atoms with E-state index in [1.807, 2.05) is 6.92 Å². The van der Waals surface area contributed by atoms with Crippen molar-refractivity contribution in [3.63, 3.8) is 0 Å². The Morgan fingerprint density at radius 3 is 2.42 bits per heavy atom. The molecular weight excluding hydrogens is 330 g/mol. The van der Waals surface area contributed by atoms with Gasteiger partial charge in [-0.3, -0.25) is 14.5 Å². The fraction of sp³-hybridized carbons (Fsp3) is 0.700. The highest BCUT2D eigenvalue weighted by Gasteiger charge is 2.43. The van der Waals surface area contributed by atoms with Crippen LogP contribution in [0.25, 0.3) is 0 Å². The summed E-state index contributed by atoms with van der Waals surface area (Å²) in [6.45, 7) is 5.82. The minimum absolute atomic E-state index is 0.0186. The van der Waals surface area contributed by atoms with Crippen LogP contribution in [-0.2, 0) is 4.79 Å². The molecule has 0 aromatic carbocycles. The number of carbonyl (C=O) groups is 2. The van der Waals surface area contributed by atoms with Gasteiger partial charge >= 0.3 is 0 Å². The molecule has 0 radical (unpaired) electrons. The van der Waals surface area contributed by atoms with Crippen LogP contribution in [0.15, 0.2) is 10.5 Å². The summed E-state index contributed by atoms with van der Waals surface area (Å²) >= 11 is 0. The summed E-state index contributed by atoms with van der Waals surface area (Å²) in [4.78, 5) is 27.3. The summed E-state index contributed by atoms with van der Waals surface area (Å²) in [7, 11) is 0. The maximum Gasteiger partial charge on any atom is 0.255 e. The van der Waals surface area contributed by atoms with Crippen molar-refractivity contribution in [3.8, 4) is 0 Å². The predicted molar refractivity (Wildman–Crippen MR) is 97.9 cm³/mol. The van der Waals surface area contributed by atoms with E-state index in [1.165, 1.54) is 32.1 Å². The number of carbonyl (C=O) groups excluding carboxylic acids is 2. The monoisotopic (exact) mass is 359 g/mol. The molecule has 0 spiro atoms. The van der Waals surface area contributed by atoms with E-state index in [2.05, 4.69) is 15.5 Å². The van der Waals surface area contributed by atoms with Gasteiger partial charge in [-0.1, -0.05) is 6.42 Å². The van der Waals surface area contributed by atoms with Crippen LogP contribution in [-0.4, -0.2) is 48.4 Å². The Labute approximate surface area is 154 Å². The minimum Gasteiger partial charge on any atom is -0.466 e. The van der Waals surface area contributed by atoms with Crippen molar-refractivity contribution in [2.75, 3.05) is 19.6 Å². The lowest BCUT2D eigenvalue weighted by Gasteiger charge is -2.47. The van der Waals surface area contributed by atoms with Crippen molar-refractivity contribution in [2.24, 2.45) is 11.8 Å². The van der Waals surface area contributed by atoms with Gasteiger partial charge in [-0.05, 0) is 57.4 Å². The molecule has 26 heavy (non-hydrogen) atoms. The molecule has 6 heteroatoms. The Morgan fingerprint density at radius 2 is 1.85 bits per heavy atom. The fourth-order valence-electron chi connectivity index (χ4n) is 4.80. The van der Waals surface area contributed by atoms with E-state index >= 15 is 0 Å². The summed E-state index contributed by atoms with van der Waals surface area (Å²) in [5, 5.41) is 5.95. The molecule has 1 aliphatic heterocycles. The molecule has 3 fully saturated rings. The SMILES string of the molecule is Cc1cc(C(=O)NCC(=O)NC2C3CCCC2CN(C2CC2)C3)c(C)o1. The number of piperidine rings is 1. The molecule has 1 aromatic heterocycles. The van der Waals surface area contributed by atoms with Crippen LogP contribution < -0.4 is 10.6 Å². The van der Waals surface area contributed by atoms with Gasteiger partial charge in [0.05, 0.1) is 12.1 Å². The molecule has 2 amide bonds. The highest BCUT2D eigenvalue weighted by atomic mass is 16.3. The van der Waals surface area contributed by atoms with Crippen molar-refractivity contribution in [3.05, 3.63) is 23.2 Å². The quantitative estimate of drug-likeness (QED) is 0.843. The summed E-state index contributed by atoms with van der Waals surface area (Å²) in [6.07, 6.45) is 6.36. The van der Waals surface area contributed by atoms with Gasteiger partial charge in [0.2, 0.25) is 5.91 Å². The third-order valence-electron chi connectivity index (χ3n) is 6.19. The first-order chi connectivity index (χ1) is 12.5. The van der Waals surface area contributed by atoms with E-state index in [4.69, 9.17) is 4.42 Å². The Kier molecular flexibility index (Phi) is 4.78. The molecular formula is C20H29N3O3. The second-order valence-corrected chi connectivity index (χ2v) is 8.24. The van der Waals surface area contributed by atoms with Crippen LogP contribution in [0.5, 0.6) is 0 Å². The maximum absolute atomic E-state index is 12.4.